The molecular weight excluding hydrogens is 268 g/mol. The molecule has 0 unspecified atom stereocenters. The van der Waals surface area contributed by atoms with Crippen LogP contribution in [0.3, 0.4) is 0 Å². The molecule has 1 aromatic carbocycles. The second-order valence-electron chi connectivity index (χ2n) is 5.80. The Balaban J connectivity index is 1.72. The zero-order valence-electron chi connectivity index (χ0n) is 12.6. The third-order valence-corrected chi connectivity index (χ3v) is 3.72. The van der Waals surface area contributed by atoms with Crippen LogP contribution in [0.25, 0.3) is 0 Å². The molecule has 21 heavy (non-hydrogen) atoms. The van der Waals surface area contributed by atoms with Gasteiger partial charge in [-0.3, -0.25) is 9.59 Å². The Bertz CT molecular complexity index is 507. The highest BCUT2D eigenvalue weighted by atomic mass is 16.5. The SMILES string of the molecule is COCC1(CNC(=O)CC(=O)Nc2ccc(C)cc2)CC1. The second kappa shape index (κ2) is 6.72. The van der Waals surface area contributed by atoms with Crippen LogP contribution in [0.4, 0.5) is 5.69 Å². The van der Waals surface area contributed by atoms with Crippen molar-refractivity contribution in [3.05, 3.63) is 29.8 Å². The normalized spacial score (nSPS) is 15.3. The molecule has 1 fully saturated rings. The lowest BCUT2D eigenvalue weighted by atomic mass is 10.1. The van der Waals surface area contributed by atoms with Crippen molar-refractivity contribution in [2.75, 3.05) is 25.6 Å². The third-order valence-electron chi connectivity index (χ3n) is 3.72. The number of rotatable bonds is 7. The van der Waals surface area contributed by atoms with E-state index in [9.17, 15) is 9.59 Å². The summed E-state index contributed by atoms with van der Waals surface area (Å²) in [5.74, 6) is -0.546. The van der Waals surface area contributed by atoms with Gasteiger partial charge in [0.05, 0.1) is 6.61 Å². The first-order valence-electron chi connectivity index (χ1n) is 7.15. The van der Waals surface area contributed by atoms with Gasteiger partial charge in [0.2, 0.25) is 11.8 Å². The number of aryl methyl sites for hydroxylation is 1. The maximum atomic E-state index is 11.8. The van der Waals surface area contributed by atoms with Gasteiger partial charge in [0.25, 0.3) is 0 Å². The summed E-state index contributed by atoms with van der Waals surface area (Å²) in [5, 5.41) is 5.53. The van der Waals surface area contributed by atoms with Gasteiger partial charge in [-0.15, -0.1) is 0 Å². The maximum absolute atomic E-state index is 11.8. The summed E-state index contributed by atoms with van der Waals surface area (Å²) in [7, 11) is 1.66. The summed E-state index contributed by atoms with van der Waals surface area (Å²) in [6.07, 6.45) is 1.98. The van der Waals surface area contributed by atoms with Crippen molar-refractivity contribution in [1.82, 2.24) is 5.32 Å². The number of methoxy groups -OCH3 is 1. The van der Waals surface area contributed by atoms with Crippen LogP contribution < -0.4 is 10.6 Å². The molecule has 1 aromatic rings. The molecule has 1 aliphatic rings. The standard InChI is InChI=1S/C16H22N2O3/c1-12-3-5-13(6-4-12)18-15(20)9-14(19)17-10-16(7-8-16)11-21-2/h3-6H,7-11H2,1-2H3,(H,17,19)(H,18,20). The maximum Gasteiger partial charge on any atom is 0.233 e. The Kier molecular flexibility index (Phi) is 4.96. The van der Waals surface area contributed by atoms with Gasteiger partial charge in [-0.1, -0.05) is 17.7 Å². The van der Waals surface area contributed by atoms with Crippen molar-refractivity contribution < 1.29 is 14.3 Å². The molecule has 0 spiro atoms. The number of ether oxygens (including phenoxy) is 1. The topological polar surface area (TPSA) is 67.4 Å². The summed E-state index contributed by atoms with van der Waals surface area (Å²) in [4.78, 5) is 23.5. The Morgan fingerprint density at radius 2 is 1.86 bits per heavy atom. The molecular formula is C16H22N2O3. The molecule has 2 N–H and O–H groups in total. The van der Waals surface area contributed by atoms with Crippen LogP contribution in [0.2, 0.25) is 0 Å². The van der Waals surface area contributed by atoms with Gasteiger partial charge in [0.1, 0.15) is 6.42 Å². The molecule has 2 amide bonds. The van der Waals surface area contributed by atoms with E-state index in [1.165, 1.54) is 0 Å². The number of carbonyl (C=O) groups excluding carboxylic acids is 2. The van der Waals surface area contributed by atoms with Crippen LogP contribution in [0.1, 0.15) is 24.8 Å². The minimum absolute atomic E-state index is 0.0951. The lowest BCUT2D eigenvalue weighted by Gasteiger charge is -2.14. The fourth-order valence-corrected chi connectivity index (χ4v) is 2.19. The van der Waals surface area contributed by atoms with Gasteiger partial charge < -0.3 is 15.4 Å². The van der Waals surface area contributed by atoms with Gasteiger partial charge in [0, 0.05) is 24.8 Å². The van der Waals surface area contributed by atoms with Crippen molar-refractivity contribution in [2.45, 2.75) is 26.2 Å². The Labute approximate surface area is 125 Å². The van der Waals surface area contributed by atoms with Crippen molar-refractivity contribution in [1.29, 1.82) is 0 Å². The van der Waals surface area contributed by atoms with Gasteiger partial charge in [-0.2, -0.15) is 0 Å². The number of carbonyl (C=O) groups is 2. The lowest BCUT2D eigenvalue weighted by Crippen LogP contribution is -2.34. The highest BCUT2D eigenvalue weighted by Crippen LogP contribution is 2.44. The van der Waals surface area contributed by atoms with E-state index in [0.717, 1.165) is 18.4 Å². The van der Waals surface area contributed by atoms with Gasteiger partial charge >= 0.3 is 0 Å². The minimum Gasteiger partial charge on any atom is -0.384 e. The number of amides is 2. The predicted molar refractivity (Wildman–Crippen MR) is 81.0 cm³/mol. The number of hydrogen-bond donors (Lipinski definition) is 2. The predicted octanol–water partition coefficient (Wildman–Crippen LogP) is 1.87. The zero-order chi connectivity index (χ0) is 15.3. The highest BCUT2D eigenvalue weighted by molar-refractivity contribution is 6.03. The summed E-state index contributed by atoms with van der Waals surface area (Å²) in [6.45, 7) is 3.22. The van der Waals surface area contributed by atoms with E-state index in [-0.39, 0.29) is 23.7 Å². The Morgan fingerprint density at radius 3 is 2.43 bits per heavy atom. The van der Waals surface area contributed by atoms with Gasteiger partial charge in [0.15, 0.2) is 0 Å². The number of benzene rings is 1. The molecule has 0 atom stereocenters. The molecule has 0 aliphatic heterocycles. The number of anilines is 1. The van der Waals surface area contributed by atoms with E-state index < -0.39 is 0 Å². The highest BCUT2D eigenvalue weighted by Gasteiger charge is 2.42. The van der Waals surface area contributed by atoms with Crippen LogP contribution >= 0.6 is 0 Å². The summed E-state index contributed by atoms with van der Waals surface area (Å²) < 4.78 is 5.14. The average molecular weight is 290 g/mol. The van der Waals surface area contributed by atoms with Crippen LogP contribution in [0.15, 0.2) is 24.3 Å². The first-order chi connectivity index (χ1) is 10.0. The van der Waals surface area contributed by atoms with Crippen molar-refractivity contribution >= 4 is 17.5 Å². The van der Waals surface area contributed by atoms with Crippen molar-refractivity contribution in [3.8, 4) is 0 Å². The fraction of sp³-hybridized carbons (Fsp3) is 0.500. The fourth-order valence-electron chi connectivity index (χ4n) is 2.19. The zero-order valence-corrected chi connectivity index (χ0v) is 12.6. The Hall–Kier alpha value is -1.88. The van der Waals surface area contributed by atoms with E-state index >= 15 is 0 Å². The van der Waals surface area contributed by atoms with Crippen LogP contribution in [0, 0.1) is 12.3 Å². The van der Waals surface area contributed by atoms with Crippen LogP contribution in [0.5, 0.6) is 0 Å². The van der Waals surface area contributed by atoms with E-state index in [0.29, 0.717) is 18.8 Å². The summed E-state index contributed by atoms with van der Waals surface area (Å²) in [5.41, 5.74) is 1.92. The Morgan fingerprint density at radius 1 is 1.19 bits per heavy atom. The molecule has 0 heterocycles. The molecule has 0 saturated heterocycles. The largest absolute Gasteiger partial charge is 0.384 e. The summed E-state index contributed by atoms with van der Waals surface area (Å²) in [6, 6.07) is 7.47. The van der Waals surface area contributed by atoms with E-state index in [1.54, 1.807) is 7.11 Å². The molecule has 0 aromatic heterocycles. The number of nitrogens with one attached hydrogen (secondary N) is 2. The third kappa shape index (κ3) is 4.86. The van der Waals surface area contributed by atoms with Crippen LogP contribution in [-0.2, 0) is 14.3 Å². The monoisotopic (exact) mass is 290 g/mol. The molecule has 114 valence electrons. The quantitative estimate of drug-likeness (QED) is 0.753. The first kappa shape index (κ1) is 15.5. The second-order valence-corrected chi connectivity index (χ2v) is 5.80. The molecule has 0 bridgehead atoms. The molecule has 1 saturated carbocycles. The molecule has 5 nitrogen and oxygen atoms in total. The lowest BCUT2D eigenvalue weighted by molar-refractivity contribution is -0.127. The number of hydrogen-bond acceptors (Lipinski definition) is 3. The van der Waals surface area contributed by atoms with E-state index in [1.807, 2.05) is 31.2 Å². The summed E-state index contributed by atoms with van der Waals surface area (Å²) >= 11 is 0. The van der Waals surface area contributed by atoms with Crippen LogP contribution in [-0.4, -0.2) is 32.1 Å². The molecule has 0 radical (unpaired) electrons. The average Bonchev–Trinajstić information content (AvgIpc) is 3.20. The van der Waals surface area contributed by atoms with Gasteiger partial charge in [-0.05, 0) is 31.9 Å². The van der Waals surface area contributed by atoms with E-state index in [4.69, 9.17) is 4.74 Å². The van der Waals surface area contributed by atoms with Gasteiger partial charge in [-0.25, -0.2) is 0 Å². The van der Waals surface area contributed by atoms with Crippen molar-refractivity contribution in [3.63, 3.8) is 0 Å². The molecule has 2 rings (SSSR count). The smallest absolute Gasteiger partial charge is 0.233 e. The minimum atomic E-state index is -0.298. The first-order valence-corrected chi connectivity index (χ1v) is 7.15. The molecule has 5 heteroatoms. The molecule has 1 aliphatic carbocycles. The van der Waals surface area contributed by atoms with Crippen molar-refractivity contribution in [2.24, 2.45) is 5.41 Å². The van der Waals surface area contributed by atoms with E-state index in [2.05, 4.69) is 10.6 Å².